The van der Waals surface area contributed by atoms with Crippen molar-refractivity contribution >= 4 is 21.9 Å². The molecule has 0 saturated heterocycles. The summed E-state index contributed by atoms with van der Waals surface area (Å²) in [5.74, 6) is -2.52. The maximum absolute atomic E-state index is 13.4. The summed E-state index contributed by atoms with van der Waals surface area (Å²) in [4.78, 5) is 11.1. The molecule has 0 aromatic heterocycles. The van der Waals surface area contributed by atoms with Crippen LogP contribution in [0.15, 0.2) is 16.6 Å². The highest BCUT2D eigenvalue weighted by molar-refractivity contribution is 9.10. The number of hydrogen-bond donors (Lipinski definition) is 1. The summed E-state index contributed by atoms with van der Waals surface area (Å²) in [5.41, 5.74) is -0.527. The van der Waals surface area contributed by atoms with E-state index in [2.05, 4.69) is 20.7 Å². The van der Waals surface area contributed by atoms with Crippen LogP contribution in [0, 0.1) is 11.6 Å². The van der Waals surface area contributed by atoms with Gasteiger partial charge < -0.3 is 9.84 Å². The molecular weight excluding hydrogens is 298 g/mol. The van der Waals surface area contributed by atoms with Crippen molar-refractivity contribution in [1.29, 1.82) is 0 Å². The molecule has 0 radical (unpaired) electrons. The number of rotatable bonds is 4. The minimum absolute atomic E-state index is 0.150. The Bertz CT molecular complexity index is 400. The Morgan fingerprint density at radius 3 is 2.47 bits per heavy atom. The molecule has 0 amide bonds. The number of halogens is 3. The van der Waals surface area contributed by atoms with E-state index in [1.54, 1.807) is 6.92 Å². The fourth-order valence-electron chi connectivity index (χ4n) is 1.35. The number of ether oxygens (including phenoxy) is 1. The predicted molar refractivity (Wildman–Crippen MR) is 60.3 cm³/mol. The molecule has 1 aromatic rings. The predicted octanol–water partition coefficient (Wildman–Crippen LogP) is 2.71. The van der Waals surface area contributed by atoms with E-state index < -0.39 is 35.7 Å². The lowest BCUT2D eigenvalue weighted by molar-refractivity contribution is -0.145. The fourth-order valence-corrected chi connectivity index (χ4v) is 1.75. The van der Waals surface area contributed by atoms with Crippen molar-refractivity contribution in [2.45, 2.75) is 19.4 Å². The lowest BCUT2D eigenvalue weighted by atomic mass is 10.1. The van der Waals surface area contributed by atoms with Crippen molar-refractivity contribution in [2.24, 2.45) is 0 Å². The van der Waals surface area contributed by atoms with E-state index >= 15 is 0 Å². The standard InChI is InChI=1S/C11H11BrF2O3/c1-2-17-10(16)5-9(15)11-7(13)3-6(12)4-8(11)14/h3-4,9,15H,2,5H2,1H3. The molecule has 0 aliphatic rings. The largest absolute Gasteiger partial charge is 0.466 e. The van der Waals surface area contributed by atoms with Crippen LogP contribution >= 0.6 is 15.9 Å². The summed E-state index contributed by atoms with van der Waals surface area (Å²) in [7, 11) is 0. The molecule has 1 rings (SSSR count). The van der Waals surface area contributed by atoms with E-state index in [1.165, 1.54) is 0 Å². The maximum atomic E-state index is 13.4. The first-order valence-electron chi connectivity index (χ1n) is 4.93. The summed E-state index contributed by atoms with van der Waals surface area (Å²) < 4.78 is 31.6. The minimum Gasteiger partial charge on any atom is -0.466 e. The Hall–Kier alpha value is -1.01. The van der Waals surface area contributed by atoms with Gasteiger partial charge in [0.15, 0.2) is 0 Å². The van der Waals surface area contributed by atoms with Gasteiger partial charge >= 0.3 is 5.97 Å². The van der Waals surface area contributed by atoms with E-state index in [-0.39, 0.29) is 11.1 Å². The second kappa shape index (κ2) is 6.07. The first-order chi connectivity index (χ1) is 7.95. The molecule has 3 nitrogen and oxygen atoms in total. The molecule has 0 heterocycles. The lowest BCUT2D eigenvalue weighted by Crippen LogP contribution is -2.12. The Morgan fingerprint density at radius 2 is 2.00 bits per heavy atom. The van der Waals surface area contributed by atoms with Gasteiger partial charge in [-0.15, -0.1) is 0 Å². The first-order valence-corrected chi connectivity index (χ1v) is 5.73. The molecule has 0 aliphatic carbocycles. The average Bonchev–Trinajstić information content (AvgIpc) is 2.15. The van der Waals surface area contributed by atoms with Crippen LogP contribution in [0.25, 0.3) is 0 Å². The number of aliphatic hydroxyl groups excluding tert-OH is 1. The van der Waals surface area contributed by atoms with Gasteiger partial charge in [-0.3, -0.25) is 4.79 Å². The molecule has 1 unspecified atom stereocenters. The Morgan fingerprint density at radius 1 is 1.47 bits per heavy atom. The van der Waals surface area contributed by atoms with Gasteiger partial charge in [-0.25, -0.2) is 8.78 Å². The van der Waals surface area contributed by atoms with Gasteiger partial charge in [0.05, 0.1) is 24.7 Å². The van der Waals surface area contributed by atoms with Crippen LogP contribution in [0.5, 0.6) is 0 Å². The van der Waals surface area contributed by atoms with E-state index in [1.807, 2.05) is 0 Å². The highest BCUT2D eigenvalue weighted by atomic mass is 79.9. The summed E-state index contributed by atoms with van der Waals surface area (Å²) in [6.07, 6.45) is -2.04. The van der Waals surface area contributed by atoms with Crippen molar-refractivity contribution in [3.05, 3.63) is 33.8 Å². The monoisotopic (exact) mass is 308 g/mol. The maximum Gasteiger partial charge on any atom is 0.308 e. The molecule has 1 N–H and O–H groups in total. The number of benzene rings is 1. The van der Waals surface area contributed by atoms with Crippen molar-refractivity contribution in [1.82, 2.24) is 0 Å². The minimum atomic E-state index is -1.55. The number of aliphatic hydroxyl groups is 1. The van der Waals surface area contributed by atoms with E-state index in [0.717, 1.165) is 12.1 Å². The van der Waals surface area contributed by atoms with Gasteiger partial charge in [0.25, 0.3) is 0 Å². The molecule has 0 spiro atoms. The van der Waals surface area contributed by atoms with Crippen LogP contribution < -0.4 is 0 Å². The van der Waals surface area contributed by atoms with Gasteiger partial charge in [-0.05, 0) is 19.1 Å². The van der Waals surface area contributed by atoms with E-state index in [4.69, 9.17) is 0 Å². The van der Waals surface area contributed by atoms with Crippen molar-refractivity contribution in [2.75, 3.05) is 6.61 Å². The summed E-state index contributed by atoms with van der Waals surface area (Å²) in [5, 5.41) is 9.57. The normalized spacial score (nSPS) is 12.3. The smallest absolute Gasteiger partial charge is 0.308 e. The summed E-state index contributed by atoms with van der Waals surface area (Å²) in [6, 6.07) is 2.04. The third-order valence-corrected chi connectivity index (χ3v) is 2.50. The highest BCUT2D eigenvalue weighted by Gasteiger charge is 2.22. The average molecular weight is 309 g/mol. The first kappa shape index (κ1) is 14.1. The van der Waals surface area contributed by atoms with Gasteiger partial charge in [-0.1, -0.05) is 15.9 Å². The van der Waals surface area contributed by atoms with Gasteiger partial charge in [0.2, 0.25) is 0 Å². The number of esters is 1. The van der Waals surface area contributed by atoms with Crippen LogP contribution in [0.4, 0.5) is 8.78 Å². The quantitative estimate of drug-likeness (QED) is 0.870. The van der Waals surface area contributed by atoms with Gasteiger partial charge in [0.1, 0.15) is 11.6 Å². The van der Waals surface area contributed by atoms with E-state index in [9.17, 15) is 18.7 Å². The van der Waals surface area contributed by atoms with Crippen LogP contribution in [-0.2, 0) is 9.53 Å². The Labute approximate surface area is 106 Å². The van der Waals surface area contributed by atoms with Crippen LogP contribution in [0.1, 0.15) is 25.0 Å². The van der Waals surface area contributed by atoms with E-state index in [0.29, 0.717) is 0 Å². The second-order valence-corrected chi connectivity index (χ2v) is 4.22. The molecular formula is C11H11BrF2O3. The third-order valence-electron chi connectivity index (χ3n) is 2.04. The number of carbonyl (C=O) groups excluding carboxylic acids is 1. The molecule has 1 atom stereocenters. The van der Waals surface area contributed by atoms with Crippen LogP contribution in [0.2, 0.25) is 0 Å². The molecule has 0 bridgehead atoms. The molecule has 94 valence electrons. The zero-order chi connectivity index (χ0) is 13.0. The molecule has 17 heavy (non-hydrogen) atoms. The van der Waals surface area contributed by atoms with Crippen LogP contribution in [-0.4, -0.2) is 17.7 Å². The number of hydrogen-bond acceptors (Lipinski definition) is 3. The molecule has 1 aromatic carbocycles. The zero-order valence-corrected chi connectivity index (χ0v) is 10.6. The number of carbonyl (C=O) groups is 1. The van der Waals surface area contributed by atoms with Crippen molar-refractivity contribution in [3.8, 4) is 0 Å². The third kappa shape index (κ3) is 3.74. The van der Waals surface area contributed by atoms with Crippen molar-refractivity contribution < 1.29 is 23.4 Å². The Balaban J connectivity index is 2.89. The van der Waals surface area contributed by atoms with Crippen molar-refractivity contribution in [3.63, 3.8) is 0 Å². The molecule has 0 saturated carbocycles. The summed E-state index contributed by atoms with van der Waals surface area (Å²) in [6.45, 7) is 1.75. The summed E-state index contributed by atoms with van der Waals surface area (Å²) >= 11 is 2.92. The second-order valence-electron chi connectivity index (χ2n) is 3.31. The van der Waals surface area contributed by atoms with Gasteiger partial charge in [-0.2, -0.15) is 0 Å². The molecule has 0 fully saturated rings. The molecule has 0 aliphatic heterocycles. The lowest BCUT2D eigenvalue weighted by Gasteiger charge is -2.12. The Kier molecular flexibility index (Phi) is 5.02. The SMILES string of the molecule is CCOC(=O)CC(O)c1c(F)cc(Br)cc1F. The van der Waals surface area contributed by atoms with Gasteiger partial charge in [0, 0.05) is 4.47 Å². The topological polar surface area (TPSA) is 46.5 Å². The molecule has 6 heteroatoms. The highest BCUT2D eigenvalue weighted by Crippen LogP contribution is 2.26. The zero-order valence-electron chi connectivity index (χ0n) is 9.04. The fraction of sp³-hybridized carbons (Fsp3) is 0.364. The van der Waals surface area contributed by atoms with Crippen LogP contribution in [0.3, 0.4) is 0 Å².